The predicted octanol–water partition coefficient (Wildman–Crippen LogP) is 2.30. The van der Waals surface area contributed by atoms with Crippen molar-refractivity contribution in [1.82, 2.24) is 0 Å². The number of carboxylic acids is 1. The molecule has 0 spiro atoms. The summed E-state index contributed by atoms with van der Waals surface area (Å²) in [5, 5.41) is 17.8. The maximum absolute atomic E-state index is 12.2. The molecule has 4 heteroatoms. The van der Waals surface area contributed by atoms with Gasteiger partial charge in [0, 0.05) is 11.1 Å². The summed E-state index contributed by atoms with van der Waals surface area (Å²) >= 11 is 0. The summed E-state index contributed by atoms with van der Waals surface area (Å²) in [6, 6.07) is 16.0. The van der Waals surface area contributed by atoms with E-state index < -0.39 is 12.1 Å². The molecule has 0 heterocycles. The van der Waals surface area contributed by atoms with Crippen LogP contribution in [0.25, 0.3) is 0 Å². The number of carboxylic acid groups (broad SMARTS) is 1. The molecule has 0 aliphatic heterocycles. The van der Waals surface area contributed by atoms with Crippen LogP contribution >= 0.6 is 0 Å². The summed E-state index contributed by atoms with van der Waals surface area (Å²) in [5.41, 5.74) is 2.11. The van der Waals surface area contributed by atoms with Crippen molar-refractivity contribution in [2.24, 2.45) is 0 Å². The van der Waals surface area contributed by atoms with Crippen molar-refractivity contribution < 1.29 is 19.8 Å². The Morgan fingerprint density at radius 2 is 1.48 bits per heavy atom. The fourth-order valence-corrected chi connectivity index (χ4v) is 2.01. The average Bonchev–Trinajstić information content (AvgIpc) is 2.53. The van der Waals surface area contributed by atoms with Gasteiger partial charge in [0.15, 0.2) is 11.9 Å². The van der Waals surface area contributed by atoms with Crippen LogP contribution in [0.15, 0.2) is 54.6 Å². The molecule has 0 aromatic heterocycles. The Balaban J connectivity index is 2.02. The standard InChI is InChI=1S/C17H16O4/c18-15(17(20)21)11-8-12-6-9-14(10-7-12)16(19)13-4-2-1-3-5-13/h1-7,9-10,15,18H,8,11H2,(H,20,21). The lowest BCUT2D eigenvalue weighted by Crippen LogP contribution is -2.19. The Labute approximate surface area is 122 Å². The van der Waals surface area contributed by atoms with Gasteiger partial charge in [0.25, 0.3) is 0 Å². The largest absolute Gasteiger partial charge is 0.479 e. The number of aryl methyl sites for hydroxylation is 1. The summed E-state index contributed by atoms with van der Waals surface area (Å²) in [6.07, 6.45) is -0.746. The number of benzene rings is 2. The first-order chi connectivity index (χ1) is 10.1. The van der Waals surface area contributed by atoms with E-state index in [1.54, 1.807) is 36.4 Å². The van der Waals surface area contributed by atoms with Gasteiger partial charge in [0.05, 0.1) is 0 Å². The molecule has 0 aliphatic carbocycles. The molecule has 2 N–H and O–H groups in total. The summed E-state index contributed by atoms with van der Waals surface area (Å²) in [6.45, 7) is 0. The van der Waals surface area contributed by atoms with Gasteiger partial charge in [0.2, 0.25) is 0 Å². The van der Waals surface area contributed by atoms with Crippen LogP contribution in [0.5, 0.6) is 0 Å². The van der Waals surface area contributed by atoms with E-state index in [1.165, 1.54) is 0 Å². The smallest absolute Gasteiger partial charge is 0.332 e. The maximum Gasteiger partial charge on any atom is 0.332 e. The first-order valence-electron chi connectivity index (χ1n) is 6.67. The highest BCUT2D eigenvalue weighted by molar-refractivity contribution is 6.08. The van der Waals surface area contributed by atoms with Gasteiger partial charge in [0.1, 0.15) is 0 Å². The highest BCUT2D eigenvalue weighted by atomic mass is 16.4. The number of ketones is 1. The van der Waals surface area contributed by atoms with E-state index in [4.69, 9.17) is 5.11 Å². The van der Waals surface area contributed by atoms with Crippen molar-refractivity contribution in [3.8, 4) is 0 Å². The molecule has 0 saturated carbocycles. The third-order valence-corrected chi connectivity index (χ3v) is 3.24. The second-order valence-electron chi connectivity index (χ2n) is 4.78. The molecule has 0 aliphatic rings. The Morgan fingerprint density at radius 1 is 0.905 bits per heavy atom. The number of rotatable bonds is 6. The van der Waals surface area contributed by atoms with Gasteiger partial charge in [-0.05, 0) is 18.4 Å². The molecule has 0 amide bonds. The van der Waals surface area contributed by atoms with E-state index in [9.17, 15) is 14.7 Å². The van der Waals surface area contributed by atoms with Gasteiger partial charge in [-0.2, -0.15) is 0 Å². The number of carbonyl (C=O) groups is 2. The second kappa shape index (κ2) is 6.81. The highest BCUT2D eigenvalue weighted by Crippen LogP contribution is 2.12. The Bertz CT molecular complexity index is 617. The van der Waals surface area contributed by atoms with Crippen LogP contribution in [0.4, 0.5) is 0 Å². The fourth-order valence-electron chi connectivity index (χ4n) is 2.01. The lowest BCUT2D eigenvalue weighted by atomic mass is 10.00. The molecule has 1 atom stereocenters. The fraction of sp³-hybridized carbons (Fsp3) is 0.176. The molecule has 0 saturated heterocycles. The molecule has 1 unspecified atom stereocenters. The molecule has 0 radical (unpaired) electrons. The Kier molecular flexibility index (Phi) is 4.85. The molecule has 0 fully saturated rings. The van der Waals surface area contributed by atoms with Crippen molar-refractivity contribution in [3.63, 3.8) is 0 Å². The molecule has 2 aromatic carbocycles. The van der Waals surface area contributed by atoms with Crippen molar-refractivity contribution in [3.05, 3.63) is 71.3 Å². The summed E-state index contributed by atoms with van der Waals surface area (Å²) in [4.78, 5) is 22.7. The number of carbonyl (C=O) groups excluding carboxylic acids is 1. The number of aliphatic carboxylic acids is 1. The van der Waals surface area contributed by atoms with E-state index in [-0.39, 0.29) is 12.2 Å². The SMILES string of the molecule is O=C(c1ccccc1)c1ccc(CCC(O)C(=O)O)cc1. The normalized spacial score (nSPS) is 11.9. The zero-order chi connectivity index (χ0) is 15.2. The summed E-state index contributed by atoms with van der Waals surface area (Å²) < 4.78 is 0. The average molecular weight is 284 g/mol. The molecule has 108 valence electrons. The first kappa shape index (κ1) is 14.9. The number of hydrogen-bond donors (Lipinski definition) is 2. The van der Waals surface area contributed by atoms with Crippen LogP contribution in [0.2, 0.25) is 0 Å². The van der Waals surface area contributed by atoms with Crippen LogP contribution < -0.4 is 0 Å². The minimum atomic E-state index is -1.35. The van der Waals surface area contributed by atoms with Crippen LogP contribution in [0.3, 0.4) is 0 Å². The number of hydrogen-bond acceptors (Lipinski definition) is 3. The van der Waals surface area contributed by atoms with E-state index in [0.29, 0.717) is 17.5 Å². The molecule has 2 aromatic rings. The van der Waals surface area contributed by atoms with Gasteiger partial charge >= 0.3 is 5.97 Å². The van der Waals surface area contributed by atoms with Crippen LogP contribution in [0, 0.1) is 0 Å². The van der Waals surface area contributed by atoms with E-state index in [2.05, 4.69) is 0 Å². The van der Waals surface area contributed by atoms with Crippen LogP contribution in [-0.4, -0.2) is 28.1 Å². The lowest BCUT2D eigenvalue weighted by Gasteiger charge is -2.06. The van der Waals surface area contributed by atoms with Crippen LogP contribution in [-0.2, 0) is 11.2 Å². The number of aliphatic hydroxyl groups is 1. The Morgan fingerprint density at radius 3 is 2.05 bits per heavy atom. The minimum Gasteiger partial charge on any atom is -0.479 e. The zero-order valence-corrected chi connectivity index (χ0v) is 11.4. The van der Waals surface area contributed by atoms with Crippen molar-refractivity contribution in [1.29, 1.82) is 0 Å². The zero-order valence-electron chi connectivity index (χ0n) is 11.4. The third-order valence-electron chi connectivity index (χ3n) is 3.24. The van der Waals surface area contributed by atoms with Crippen molar-refractivity contribution in [2.45, 2.75) is 18.9 Å². The quantitative estimate of drug-likeness (QED) is 0.798. The summed E-state index contributed by atoms with van der Waals surface area (Å²) in [5.74, 6) is -1.27. The van der Waals surface area contributed by atoms with Gasteiger partial charge in [-0.15, -0.1) is 0 Å². The van der Waals surface area contributed by atoms with Gasteiger partial charge in [-0.1, -0.05) is 54.6 Å². The minimum absolute atomic E-state index is 0.0484. The lowest BCUT2D eigenvalue weighted by molar-refractivity contribution is -0.146. The molecular weight excluding hydrogens is 268 g/mol. The van der Waals surface area contributed by atoms with Crippen LogP contribution in [0.1, 0.15) is 27.9 Å². The van der Waals surface area contributed by atoms with Gasteiger partial charge in [-0.3, -0.25) is 4.79 Å². The maximum atomic E-state index is 12.2. The highest BCUT2D eigenvalue weighted by Gasteiger charge is 2.13. The van der Waals surface area contributed by atoms with E-state index in [0.717, 1.165) is 5.56 Å². The summed E-state index contributed by atoms with van der Waals surface area (Å²) in [7, 11) is 0. The Hall–Kier alpha value is -2.46. The van der Waals surface area contributed by atoms with E-state index in [1.807, 2.05) is 18.2 Å². The monoisotopic (exact) mass is 284 g/mol. The first-order valence-corrected chi connectivity index (χ1v) is 6.67. The molecule has 21 heavy (non-hydrogen) atoms. The third kappa shape index (κ3) is 4.00. The van der Waals surface area contributed by atoms with Crippen molar-refractivity contribution in [2.75, 3.05) is 0 Å². The molecular formula is C17H16O4. The van der Waals surface area contributed by atoms with Gasteiger partial charge < -0.3 is 10.2 Å². The van der Waals surface area contributed by atoms with Crippen molar-refractivity contribution >= 4 is 11.8 Å². The topological polar surface area (TPSA) is 74.6 Å². The molecule has 2 rings (SSSR count). The predicted molar refractivity (Wildman–Crippen MR) is 78.3 cm³/mol. The van der Waals surface area contributed by atoms with E-state index >= 15 is 0 Å². The van der Waals surface area contributed by atoms with Gasteiger partial charge in [-0.25, -0.2) is 4.79 Å². The molecule has 4 nitrogen and oxygen atoms in total. The second-order valence-corrected chi connectivity index (χ2v) is 4.78. The number of aliphatic hydroxyl groups excluding tert-OH is 1. The molecule has 0 bridgehead atoms.